The highest BCUT2D eigenvalue weighted by Crippen LogP contribution is 2.33. The molecule has 0 aromatic carbocycles. The second-order valence-electron chi connectivity index (χ2n) is 7.67. The highest BCUT2D eigenvalue weighted by Gasteiger charge is 2.25. The molecule has 3 heterocycles. The molecule has 0 spiro atoms. The summed E-state index contributed by atoms with van der Waals surface area (Å²) in [6, 6.07) is 8.61. The average Bonchev–Trinajstić information content (AvgIpc) is 3.26. The number of aromatic nitrogens is 2. The molecule has 2 fully saturated rings. The van der Waals surface area contributed by atoms with Crippen molar-refractivity contribution in [1.82, 2.24) is 15.3 Å². The lowest BCUT2D eigenvalue weighted by atomic mass is 10.0. The fourth-order valence-electron chi connectivity index (χ4n) is 4.19. The maximum Gasteiger partial charge on any atom is 0.259 e. The second-order valence-corrected chi connectivity index (χ2v) is 7.67. The minimum Gasteiger partial charge on any atom is -0.491 e. The van der Waals surface area contributed by atoms with Gasteiger partial charge in [0.15, 0.2) is 5.75 Å². The Labute approximate surface area is 167 Å². The minimum atomic E-state index is 0.252. The van der Waals surface area contributed by atoms with Gasteiger partial charge < -0.3 is 19.7 Å². The average molecular weight is 383 g/mol. The Hall–Kier alpha value is -2.34. The first-order valence-corrected chi connectivity index (χ1v) is 10.4. The summed E-state index contributed by atoms with van der Waals surface area (Å²) < 4.78 is 11.8. The highest BCUT2D eigenvalue weighted by atomic mass is 16.5. The van der Waals surface area contributed by atoms with Gasteiger partial charge in [-0.1, -0.05) is 6.07 Å². The largest absolute Gasteiger partial charge is 0.491 e. The molecule has 6 heteroatoms. The van der Waals surface area contributed by atoms with E-state index in [2.05, 4.69) is 27.3 Å². The van der Waals surface area contributed by atoms with Crippen LogP contribution in [0.5, 0.6) is 11.6 Å². The zero-order valence-electron chi connectivity index (χ0n) is 16.6. The molecule has 0 atom stereocenters. The van der Waals surface area contributed by atoms with Crippen LogP contribution in [-0.4, -0.2) is 42.3 Å². The molecule has 1 N–H and O–H groups in total. The number of pyridine rings is 2. The van der Waals surface area contributed by atoms with Crippen LogP contribution in [0.1, 0.15) is 44.1 Å². The fourth-order valence-corrected chi connectivity index (χ4v) is 4.19. The van der Waals surface area contributed by atoms with Gasteiger partial charge in [0.1, 0.15) is 11.9 Å². The number of hydrogen-bond acceptors (Lipinski definition) is 6. The van der Waals surface area contributed by atoms with E-state index < -0.39 is 0 Å². The number of nitrogens with one attached hydrogen (secondary N) is 1. The Morgan fingerprint density at radius 2 is 1.93 bits per heavy atom. The standard InChI is InChI=1S/C22H30N4O2/c1-27-20-8-9-21(25-22(20)28-19-6-2-3-7-19)26(18-10-13-23-14-11-18)16-17-5-4-12-24-15-17/h4-5,8-9,12,15,18-19,23H,2-3,6-7,10-11,13-14,16H2,1H3. The minimum absolute atomic E-state index is 0.252. The van der Waals surface area contributed by atoms with Crippen LogP contribution in [0.2, 0.25) is 0 Å². The van der Waals surface area contributed by atoms with Gasteiger partial charge in [-0.05, 0) is 75.4 Å². The highest BCUT2D eigenvalue weighted by molar-refractivity contribution is 5.48. The predicted octanol–water partition coefficient (Wildman–Crippen LogP) is 3.57. The van der Waals surface area contributed by atoms with E-state index in [1.807, 2.05) is 24.5 Å². The Balaban J connectivity index is 1.62. The van der Waals surface area contributed by atoms with Crippen LogP contribution < -0.4 is 19.7 Å². The summed E-state index contributed by atoms with van der Waals surface area (Å²) in [5.41, 5.74) is 1.19. The van der Waals surface area contributed by atoms with Crippen molar-refractivity contribution in [2.75, 3.05) is 25.1 Å². The number of rotatable bonds is 7. The van der Waals surface area contributed by atoms with Crippen molar-refractivity contribution < 1.29 is 9.47 Å². The first kappa shape index (κ1) is 19.0. The molecule has 2 aliphatic rings. The Morgan fingerprint density at radius 3 is 2.64 bits per heavy atom. The van der Waals surface area contributed by atoms with Crippen LogP contribution in [0, 0.1) is 0 Å². The van der Waals surface area contributed by atoms with Crippen molar-refractivity contribution in [1.29, 1.82) is 0 Å². The molecule has 0 unspecified atom stereocenters. The van der Waals surface area contributed by atoms with Crippen LogP contribution in [0.4, 0.5) is 5.82 Å². The van der Waals surface area contributed by atoms with Gasteiger partial charge in [0, 0.05) is 25.0 Å². The van der Waals surface area contributed by atoms with Crippen LogP contribution in [-0.2, 0) is 6.54 Å². The summed E-state index contributed by atoms with van der Waals surface area (Å²) in [6.45, 7) is 2.87. The molecule has 1 saturated heterocycles. The number of piperidine rings is 1. The third kappa shape index (κ3) is 4.55. The number of anilines is 1. The van der Waals surface area contributed by atoms with Crippen LogP contribution in [0.25, 0.3) is 0 Å². The molecule has 2 aromatic heterocycles. The zero-order valence-corrected chi connectivity index (χ0v) is 16.6. The zero-order chi connectivity index (χ0) is 19.2. The SMILES string of the molecule is COc1ccc(N(Cc2cccnc2)C2CCNCC2)nc1OC1CCCC1. The smallest absolute Gasteiger partial charge is 0.259 e. The summed E-state index contributed by atoms with van der Waals surface area (Å²) in [5, 5.41) is 3.46. The van der Waals surface area contributed by atoms with Crippen LogP contribution in [0.3, 0.4) is 0 Å². The van der Waals surface area contributed by atoms with E-state index in [-0.39, 0.29) is 6.10 Å². The lowest BCUT2D eigenvalue weighted by Crippen LogP contribution is -2.43. The first-order valence-electron chi connectivity index (χ1n) is 10.4. The molecule has 1 aliphatic carbocycles. The molecule has 0 bridgehead atoms. The number of nitrogens with zero attached hydrogens (tertiary/aromatic N) is 3. The molecular formula is C22H30N4O2. The van der Waals surface area contributed by atoms with Gasteiger partial charge in [0.2, 0.25) is 0 Å². The van der Waals surface area contributed by atoms with E-state index in [0.29, 0.717) is 17.7 Å². The van der Waals surface area contributed by atoms with E-state index in [1.54, 1.807) is 7.11 Å². The molecule has 150 valence electrons. The topological polar surface area (TPSA) is 59.5 Å². The molecule has 0 amide bonds. The lowest BCUT2D eigenvalue weighted by Gasteiger charge is -2.36. The Bertz CT molecular complexity index is 743. The number of ether oxygens (including phenoxy) is 2. The predicted molar refractivity (Wildman–Crippen MR) is 110 cm³/mol. The number of methoxy groups -OCH3 is 1. The van der Waals surface area contributed by atoms with E-state index in [9.17, 15) is 0 Å². The molecule has 4 rings (SSSR count). The molecule has 1 aliphatic heterocycles. The maximum absolute atomic E-state index is 6.24. The summed E-state index contributed by atoms with van der Waals surface area (Å²) >= 11 is 0. The summed E-state index contributed by atoms with van der Waals surface area (Å²) in [6.07, 6.45) is 10.9. The Morgan fingerprint density at radius 1 is 1.11 bits per heavy atom. The van der Waals surface area contributed by atoms with E-state index in [0.717, 1.165) is 51.1 Å². The fraction of sp³-hybridized carbons (Fsp3) is 0.545. The van der Waals surface area contributed by atoms with Crippen molar-refractivity contribution in [3.05, 3.63) is 42.2 Å². The third-order valence-corrected chi connectivity index (χ3v) is 5.73. The molecule has 6 nitrogen and oxygen atoms in total. The third-order valence-electron chi connectivity index (χ3n) is 5.73. The van der Waals surface area contributed by atoms with Crippen molar-refractivity contribution in [3.63, 3.8) is 0 Å². The normalized spacial score (nSPS) is 18.2. The summed E-state index contributed by atoms with van der Waals surface area (Å²) in [7, 11) is 1.68. The Kier molecular flexibility index (Phi) is 6.27. The molecule has 28 heavy (non-hydrogen) atoms. The van der Waals surface area contributed by atoms with Crippen molar-refractivity contribution >= 4 is 5.82 Å². The van der Waals surface area contributed by atoms with Gasteiger partial charge in [0.05, 0.1) is 7.11 Å². The number of hydrogen-bond donors (Lipinski definition) is 1. The van der Waals surface area contributed by atoms with Crippen molar-refractivity contribution in [2.45, 2.75) is 57.2 Å². The first-order chi connectivity index (χ1) is 13.8. The van der Waals surface area contributed by atoms with Gasteiger partial charge in [0.25, 0.3) is 5.88 Å². The summed E-state index contributed by atoms with van der Waals surface area (Å²) in [5.74, 6) is 2.28. The van der Waals surface area contributed by atoms with Gasteiger partial charge in [-0.2, -0.15) is 4.98 Å². The van der Waals surface area contributed by atoms with Crippen molar-refractivity contribution in [3.8, 4) is 11.6 Å². The van der Waals surface area contributed by atoms with E-state index in [4.69, 9.17) is 14.5 Å². The second kappa shape index (κ2) is 9.24. The van der Waals surface area contributed by atoms with Gasteiger partial charge in [-0.25, -0.2) is 0 Å². The quantitative estimate of drug-likeness (QED) is 0.790. The monoisotopic (exact) mass is 382 g/mol. The van der Waals surface area contributed by atoms with E-state index in [1.165, 1.54) is 18.4 Å². The van der Waals surface area contributed by atoms with Crippen molar-refractivity contribution in [2.24, 2.45) is 0 Å². The van der Waals surface area contributed by atoms with Gasteiger partial charge >= 0.3 is 0 Å². The maximum atomic E-state index is 6.24. The molecule has 0 radical (unpaired) electrons. The van der Waals surface area contributed by atoms with Crippen LogP contribution >= 0.6 is 0 Å². The molecule has 2 aromatic rings. The lowest BCUT2D eigenvalue weighted by molar-refractivity contribution is 0.192. The summed E-state index contributed by atoms with van der Waals surface area (Å²) in [4.78, 5) is 11.6. The van der Waals surface area contributed by atoms with Crippen LogP contribution in [0.15, 0.2) is 36.7 Å². The molecule has 1 saturated carbocycles. The van der Waals surface area contributed by atoms with E-state index >= 15 is 0 Å². The van der Waals surface area contributed by atoms with Gasteiger partial charge in [-0.3, -0.25) is 4.98 Å². The molecular weight excluding hydrogens is 352 g/mol. The van der Waals surface area contributed by atoms with Gasteiger partial charge in [-0.15, -0.1) is 0 Å².